The van der Waals surface area contributed by atoms with Gasteiger partial charge in [-0.05, 0) is 30.3 Å². The zero-order valence-electron chi connectivity index (χ0n) is 22.0. The highest BCUT2D eigenvalue weighted by molar-refractivity contribution is 7.99. The Bertz CT molecular complexity index is 1080. The predicted molar refractivity (Wildman–Crippen MR) is 155 cm³/mol. The molecule has 6 atom stereocenters. The molecule has 1 N–H and O–H groups in total. The summed E-state index contributed by atoms with van der Waals surface area (Å²) in [5.74, 6) is -0.747. The minimum absolute atomic E-state index is 0.101. The van der Waals surface area contributed by atoms with Gasteiger partial charge in [-0.25, -0.2) is 0 Å². The largest absolute Gasteiger partial charge is 0.409 e. The summed E-state index contributed by atoms with van der Waals surface area (Å²) in [4.78, 5) is 14.0. The number of carbonyl (C=O) groups is 1. The van der Waals surface area contributed by atoms with Crippen molar-refractivity contribution in [3.05, 3.63) is 66.2 Å². The van der Waals surface area contributed by atoms with Gasteiger partial charge in [0.2, 0.25) is 0 Å². The maximum atomic E-state index is 13.0. The lowest BCUT2D eigenvalue weighted by molar-refractivity contribution is -0.304. The second-order valence-electron chi connectivity index (χ2n) is 11.0. The minimum atomic E-state index is -2.37. The van der Waals surface area contributed by atoms with E-state index in [0.29, 0.717) is 6.61 Å². The third-order valence-corrected chi connectivity index (χ3v) is 13.4. The van der Waals surface area contributed by atoms with Crippen LogP contribution in [0.5, 0.6) is 0 Å². The van der Waals surface area contributed by atoms with E-state index >= 15 is 0 Å². The first-order chi connectivity index (χ1) is 17.8. The summed E-state index contributed by atoms with van der Waals surface area (Å²) in [6, 6.07) is 18.9. The van der Waals surface area contributed by atoms with E-state index in [2.05, 4.69) is 39.2 Å². The Morgan fingerprint density at radius 1 is 1.00 bits per heavy atom. The predicted octanol–water partition coefficient (Wildman–Crippen LogP) is 6.86. The van der Waals surface area contributed by atoms with Crippen molar-refractivity contribution in [3.8, 4) is 0 Å². The molecule has 1 amide bonds. The normalized spacial score (nSPS) is 28.4. The van der Waals surface area contributed by atoms with Gasteiger partial charge in [0.25, 0.3) is 9.70 Å². The Hall–Kier alpha value is -0.813. The molecule has 0 spiro atoms. The van der Waals surface area contributed by atoms with Crippen molar-refractivity contribution in [2.45, 2.75) is 83.7 Å². The van der Waals surface area contributed by atoms with Crippen molar-refractivity contribution in [2.24, 2.45) is 0 Å². The van der Waals surface area contributed by atoms with Crippen LogP contribution in [0.15, 0.2) is 65.6 Å². The summed E-state index contributed by atoms with van der Waals surface area (Å²) in [6.07, 6.45) is -2.14. The zero-order chi connectivity index (χ0) is 27.7. The molecule has 1 unspecified atom stereocenters. The van der Waals surface area contributed by atoms with Gasteiger partial charge in [0.05, 0.1) is 18.8 Å². The fraction of sp³-hybridized carbons (Fsp3) is 0.519. The number of rotatable bonds is 6. The Kier molecular flexibility index (Phi) is 9.50. The molecule has 208 valence electrons. The topological polar surface area (TPSA) is 66.0 Å². The van der Waals surface area contributed by atoms with Crippen LogP contribution in [-0.4, -0.2) is 54.4 Å². The van der Waals surface area contributed by atoms with Crippen LogP contribution < -0.4 is 5.32 Å². The Balaban J connectivity index is 1.73. The summed E-state index contributed by atoms with van der Waals surface area (Å²) in [5, 5.41) is 2.84. The summed E-state index contributed by atoms with van der Waals surface area (Å²) in [7, 11) is -2.37. The highest BCUT2D eigenvalue weighted by Gasteiger charge is 2.55. The van der Waals surface area contributed by atoms with Gasteiger partial charge in [0, 0.05) is 10.5 Å². The SMILES string of the molecule is CC(C)(C)[Si](C)(C)O[C@@H]1[C@@H](NC(=O)C(Cl)(Cl)Cl)[C@H](Sc2ccccc2)O[C@@H]2COC(c3ccccc3)O[C@H]12. The van der Waals surface area contributed by atoms with E-state index in [9.17, 15) is 4.79 Å². The zero-order valence-corrected chi connectivity index (χ0v) is 26.1. The molecule has 0 aromatic heterocycles. The first-order valence-corrected chi connectivity index (χ1v) is 17.4. The second kappa shape index (κ2) is 12.0. The fourth-order valence-electron chi connectivity index (χ4n) is 4.13. The molecule has 2 aliphatic rings. The minimum Gasteiger partial charge on any atom is -0.409 e. The van der Waals surface area contributed by atoms with Gasteiger partial charge in [-0.1, -0.05) is 116 Å². The number of benzene rings is 2. The molecule has 2 aromatic carbocycles. The Morgan fingerprint density at radius 3 is 2.18 bits per heavy atom. The van der Waals surface area contributed by atoms with Crippen LogP contribution >= 0.6 is 46.6 Å². The third kappa shape index (κ3) is 7.08. The van der Waals surface area contributed by atoms with Crippen molar-refractivity contribution < 1.29 is 23.4 Å². The molecule has 2 heterocycles. The van der Waals surface area contributed by atoms with Crippen LogP contribution in [0.1, 0.15) is 32.6 Å². The van der Waals surface area contributed by atoms with Gasteiger partial charge in [0.15, 0.2) is 14.6 Å². The van der Waals surface area contributed by atoms with Crippen LogP contribution in [0.4, 0.5) is 0 Å². The Labute approximate surface area is 245 Å². The molecule has 0 aliphatic carbocycles. The van der Waals surface area contributed by atoms with Crippen LogP contribution in [-0.2, 0) is 23.4 Å². The van der Waals surface area contributed by atoms with Crippen LogP contribution in [0.25, 0.3) is 0 Å². The number of halogens is 3. The monoisotopic (exact) mass is 617 g/mol. The molecule has 38 heavy (non-hydrogen) atoms. The van der Waals surface area contributed by atoms with Crippen molar-refractivity contribution >= 4 is 60.8 Å². The fourth-order valence-corrected chi connectivity index (χ4v) is 6.76. The number of thioether (sulfide) groups is 1. The summed E-state index contributed by atoms with van der Waals surface area (Å²) in [5.41, 5.74) is 0.338. The number of carbonyl (C=O) groups excluding carboxylic acids is 1. The summed E-state index contributed by atoms with van der Waals surface area (Å²) in [6.45, 7) is 11.1. The van der Waals surface area contributed by atoms with E-state index in [4.69, 9.17) is 53.4 Å². The van der Waals surface area contributed by atoms with Crippen molar-refractivity contribution in [1.82, 2.24) is 5.32 Å². The highest BCUT2D eigenvalue weighted by atomic mass is 35.6. The summed E-state index contributed by atoms with van der Waals surface area (Å²) >= 11 is 19.5. The van der Waals surface area contributed by atoms with E-state index in [1.165, 1.54) is 11.8 Å². The van der Waals surface area contributed by atoms with Gasteiger partial charge in [-0.15, -0.1) is 0 Å². The van der Waals surface area contributed by atoms with Crippen LogP contribution in [0.2, 0.25) is 18.1 Å². The van der Waals surface area contributed by atoms with E-state index in [-0.39, 0.29) is 5.04 Å². The molecule has 2 aromatic rings. The van der Waals surface area contributed by atoms with E-state index in [0.717, 1.165) is 10.5 Å². The van der Waals surface area contributed by atoms with Gasteiger partial charge in [0.1, 0.15) is 17.6 Å². The quantitative estimate of drug-likeness (QED) is 0.282. The molecular formula is C27H34Cl3NO5SSi. The van der Waals surface area contributed by atoms with Gasteiger partial charge < -0.3 is 24.0 Å². The smallest absolute Gasteiger partial charge is 0.272 e. The number of nitrogens with one attached hydrogen (secondary N) is 1. The van der Waals surface area contributed by atoms with Gasteiger partial charge in [-0.3, -0.25) is 4.79 Å². The molecular weight excluding hydrogens is 585 g/mol. The molecule has 6 nitrogen and oxygen atoms in total. The van der Waals surface area contributed by atoms with E-state index in [1.807, 2.05) is 60.7 Å². The Morgan fingerprint density at radius 2 is 1.61 bits per heavy atom. The molecule has 0 saturated carbocycles. The average Bonchev–Trinajstić information content (AvgIpc) is 2.85. The molecule has 0 radical (unpaired) electrons. The van der Waals surface area contributed by atoms with E-state index < -0.39 is 54.1 Å². The van der Waals surface area contributed by atoms with Crippen LogP contribution in [0.3, 0.4) is 0 Å². The molecule has 11 heteroatoms. The second-order valence-corrected chi connectivity index (χ2v) is 19.2. The molecule has 4 rings (SSSR count). The van der Waals surface area contributed by atoms with Crippen molar-refractivity contribution in [3.63, 3.8) is 0 Å². The number of hydrogen-bond acceptors (Lipinski definition) is 6. The van der Waals surface area contributed by atoms with Crippen LogP contribution in [0, 0.1) is 0 Å². The van der Waals surface area contributed by atoms with Gasteiger partial charge in [-0.2, -0.15) is 0 Å². The third-order valence-electron chi connectivity index (χ3n) is 7.20. The number of alkyl halides is 3. The maximum Gasteiger partial charge on any atom is 0.272 e. The molecule has 0 bridgehead atoms. The first kappa shape index (κ1) is 30.2. The molecule has 2 fully saturated rings. The molecule has 2 saturated heterocycles. The van der Waals surface area contributed by atoms with Crippen molar-refractivity contribution in [2.75, 3.05) is 6.61 Å². The maximum absolute atomic E-state index is 13.0. The first-order valence-electron chi connectivity index (χ1n) is 12.5. The number of ether oxygens (including phenoxy) is 3. The number of hydrogen-bond donors (Lipinski definition) is 1. The number of fused-ring (bicyclic) bond motifs is 1. The van der Waals surface area contributed by atoms with E-state index in [1.54, 1.807) is 0 Å². The molecule has 2 aliphatic heterocycles. The highest BCUT2D eigenvalue weighted by Crippen LogP contribution is 2.44. The summed E-state index contributed by atoms with van der Waals surface area (Å²) < 4.78 is 24.0. The average molecular weight is 619 g/mol. The van der Waals surface area contributed by atoms with Gasteiger partial charge >= 0.3 is 0 Å². The lowest BCUT2D eigenvalue weighted by atomic mass is 9.96. The number of amides is 1. The lowest BCUT2D eigenvalue weighted by Crippen LogP contribution is -2.69. The van der Waals surface area contributed by atoms with Crippen molar-refractivity contribution in [1.29, 1.82) is 0 Å². The lowest BCUT2D eigenvalue weighted by Gasteiger charge is -2.52. The standard InChI is InChI=1S/C27H34Cl3NO5SSi/c1-26(2,3)38(4,5)36-22-20(31-25(32)27(28,29)30)24(37-18-14-10-7-11-15-18)34-19-16-33-23(35-21(19)22)17-12-8-6-9-13-17/h6-15,19-24H,16H2,1-5H3,(H,31,32)/t19-,20-,21+,22-,23?,24+/m1/s1.